The Bertz CT molecular complexity index is 1090. The Kier molecular flexibility index (Phi) is 4.12. The molecule has 2 aromatic carbocycles. The summed E-state index contributed by atoms with van der Waals surface area (Å²) in [6.07, 6.45) is 1.43. The van der Waals surface area contributed by atoms with Gasteiger partial charge in [-0.1, -0.05) is 12.1 Å². The van der Waals surface area contributed by atoms with Gasteiger partial charge in [0.1, 0.15) is 18.0 Å². The molecule has 0 aliphatic rings. The summed E-state index contributed by atoms with van der Waals surface area (Å²) >= 11 is 0. The van der Waals surface area contributed by atoms with Gasteiger partial charge in [-0.25, -0.2) is 19.3 Å². The number of hydrogen-bond acceptors (Lipinski definition) is 5. The molecular formula is C19H18FN5O. The van der Waals surface area contributed by atoms with Crippen LogP contribution in [0.15, 0.2) is 42.7 Å². The zero-order valence-corrected chi connectivity index (χ0v) is 14.5. The highest BCUT2D eigenvalue weighted by Gasteiger charge is 2.11. The zero-order valence-electron chi connectivity index (χ0n) is 14.5. The van der Waals surface area contributed by atoms with E-state index < -0.39 is 5.82 Å². The van der Waals surface area contributed by atoms with Gasteiger partial charge >= 0.3 is 0 Å². The standard InChI is InChI=1S/C19H18FN5O/c1-12-24-15-5-3-4-6-17(15)25(12)8-7-21-19-13-9-18(26-2)14(20)10-16(13)22-11-23-19/h3-6,9-11H,7-8H2,1-2H3,(H,21,22,23). The van der Waals surface area contributed by atoms with Crippen molar-refractivity contribution in [3.63, 3.8) is 0 Å². The van der Waals surface area contributed by atoms with Crippen LogP contribution >= 0.6 is 0 Å². The lowest BCUT2D eigenvalue weighted by Crippen LogP contribution is -2.12. The van der Waals surface area contributed by atoms with Crippen molar-refractivity contribution < 1.29 is 9.13 Å². The monoisotopic (exact) mass is 351 g/mol. The summed E-state index contributed by atoms with van der Waals surface area (Å²) < 4.78 is 21.1. The molecule has 0 aliphatic carbocycles. The van der Waals surface area contributed by atoms with Crippen molar-refractivity contribution in [2.45, 2.75) is 13.5 Å². The molecule has 0 unspecified atom stereocenters. The first-order valence-corrected chi connectivity index (χ1v) is 8.31. The Morgan fingerprint density at radius 3 is 2.85 bits per heavy atom. The molecule has 7 heteroatoms. The third-order valence-electron chi connectivity index (χ3n) is 4.38. The van der Waals surface area contributed by atoms with Crippen LogP contribution in [0.2, 0.25) is 0 Å². The van der Waals surface area contributed by atoms with E-state index in [0.717, 1.165) is 28.8 Å². The van der Waals surface area contributed by atoms with Gasteiger partial charge in [0.2, 0.25) is 0 Å². The number of halogens is 1. The lowest BCUT2D eigenvalue weighted by molar-refractivity contribution is 0.387. The molecule has 0 radical (unpaired) electrons. The molecule has 0 saturated carbocycles. The molecular weight excluding hydrogens is 333 g/mol. The largest absolute Gasteiger partial charge is 0.494 e. The number of ether oxygens (including phenoxy) is 1. The topological polar surface area (TPSA) is 64.9 Å². The molecule has 132 valence electrons. The highest BCUT2D eigenvalue weighted by atomic mass is 19.1. The zero-order chi connectivity index (χ0) is 18.1. The van der Waals surface area contributed by atoms with Crippen molar-refractivity contribution in [2.24, 2.45) is 0 Å². The molecule has 26 heavy (non-hydrogen) atoms. The van der Waals surface area contributed by atoms with E-state index in [1.807, 2.05) is 25.1 Å². The second-order valence-electron chi connectivity index (χ2n) is 5.95. The quantitative estimate of drug-likeness (QED) is 0.596. The maximum Gasteiger partial charge on any atom is 0.167 e. The highest BCUT2D eigenvalue weighted by Crippen LogP contribution is 2.27. The maximum atomic E-state index is 13.9. The van der Waals surface area contributed by atoms with E-state index in [1.165, 1.54) is 19.5 Å². The molecule has 0 fully saturated rings. The van der Waals surface area contributed by atoms with Crippen LogP contribution in [-0.4, -0.2) is 33.2 Å². The first kappa shape index (κ1) is 16.3. The van der Waals surface area contributed by atoms with Gasteiger partial charge in [-0.15, -0.1) is 0 Å². The van der Waals surface area contributed by atoms with E-state index in [9.17, 15) is 4.39 Å². The lowest BCUT2D eigenvalue weighted by Gasteiger charge is -2.11. The van der Waals surface area contributed by atoms with Gasteiger partial charge in [-0.2, -0.15) is 0 Å². The average Bonchev–Trinajstić information content (AvgIpc) is 2.97. The number of imidazole rings is 1. The summed E-state index contributed by atoms with van der Waals surface area (Å²) in [6, 6.07) is 11.0. The summed E-state index contributed by atoms with van der Waals surface area (Å²) in [5.41, 5.74) is 2.62. The molecule has 0 amide bonds. The van der Waals surface area contributed by atoms with Gasteiger partial charge in [0, 0.05) is 24.5 Å². The van der Waals surface area contributed by atoms with Crippen molar-refractivity contribution in [1.29, 1.82) is 0 Å². The van der Waals surface area contributed by atoms with Gasteiger partial charge in [-0.3, -0.25) is 0 Å². The van der Waals surface area contributed by atoms with E-state index >= 15 is 0 Å². The smallest absolute Gasteiger partial charge is 0.167 e. The van der Waals surface area contributed by atoms with Crippen molar-refractivity contribution in [1.82, 2.24) is 19.5 Å². The SMILES string of the molecule is COc1cc2c(NCCn3c(C)nc4ccccc43)ncnc2cc1F. The Hall–Kier alpha value is -3.22. The number of benzene rings is 2. The summed E-state index contributed by atoms with van der Waals surface area (Å²) in [7, 11) is 1.44. The third kappa shape index (κ3) is 2.81. The summed E-state index contributed by atoms with van der Waals surface area (Å²) in [4.78, 5) is 13.0. The van der Waals surface area contributed by atoms with Gasteiger partial charge in [0.25, 0.3) is 0 Å². The molecule has 4 rings (SSSR count). The Morgan fingerprint density at radius 2 is 2.00 bits per heavy atom. The summed E-state index contributed by atoms with van der Waals surface area (Å²) in [5.74, 6) is 1.34. The Labute approximate surface area is 149 Å². The number of aryl methyl sites for hydroxylation is 1. The Balaban J connectivity index is 1.59. The van der Waals surface area contributed by atoms with Crippen molar-refractivity contribution in [3.05, 3.63) is 54.4 Å². The number of anilines is 1. The van der Waals surface area contributed by atoms with Crippen LogP contribution in [0.1, 0.15) is 5.82 Å². The first-order valence-electron chi connectivity index (χ1n) is 8.31. The van der Waals surface area contributed by atoms with Gasteiger partial charge in [0.15, 0.2) is 11.6 Å². The second-order valence-corrected chi connectivity index (χ2v) is 5.95. The van der Waals surface area contributed by atoms with Crippen molar-refractivity contribution in [3.8, 4) is 5.75 Å². The molecule has 0 atom stereocenters. The van der Waals surface area contributed by atoms with Crippen LogP contribution in [-0.2, 0) is 6.54 Å². The number of fused-ring (bicyclic) bond motifs is 2. The molecule has 2 heterocycles. The van der Waals surface area contributed by atoms with Crippen molar-refractivity contribution >= 4 is 27.8 Å². The number of para-hydroxylation sites is 2. The fourth-order valence-electron chi connectivity index (χ4n) is 3.12. The first-order chi connectivity index (χ1) is 12.7. The maximum absolute atomic E-state index is 13.9. The summed E-state index contributed by atoms with van der Waals surface area (Å²) in [5, 5.41) is 4.03. The lowest BCUT2D eigenvalue weighted by atomic mass is 10.2. The van der Waals surface area contributed by atoms with E-state index in [4.69, 9.17) is 4.74 Å². The number of methoxy groups -OCH3 is 1. The number of rotatable bonds is 5. The van der Waals surface area contributed by atoms with Crippen LogP contribution in [0.4, 0.5) is 10.2 Å². The third-order valence-corrected chi connectivity index (χ3v) is 4.38. The predicted octanol–water partition coefficient (Wildman–Crippen LogP) is 3.55. The van der Waals surface area contributed by atoms with E-state index in [1.54, 1.807) is 6.07 Å². The Morgan fingerprint density at radius 1 is 1.15 bits per heavy atom. The highest BCUT2D eigenvalue weighted by molar-refractivity contribution is 5.90. The minimum atomic E-state index is -0.440. The number of hydrogen-bond donors (Lipinski definition) is 1. The minimum Gasteiger partial charge on any atom is -0.494 e. The number of nitrogens with one attached hydrogen (secondary N) is 1. The normalized spacial score (nSPS) is 11.2. The molecule has 0 spiro atoms. The number of nitrogens with zero attached hydrogens (tertiary/aromatic N) is 4. The van der Waals surface area contributed by atoms with Gasteiger partial charge in [0.05, 0.1) is 23.7 Å². The van der Waals surface area contributed by atoms with Crippen LogP contribution in [0.3, 0.4) is 0 Å². The van der Waals surface area contributed by atoms with Crippen LogP contribution in [0, 0.1) is 12.7 Å². The molecule has 6 nitrogen and oxygen atoms in total. The van der Waals surface area contributed by atoms with Crippen LogP contribution < -0.4 is 10.1 Å². The fourth-order valence-corrected chi connectivity index (χ4v) is 3.12. The van der Waals surface area contributed by atoms with E-state index in [-0.39, 0.29) is 5.75 Å². The van der Waals surface area contributed by atoms with Gasteiger partial charge < -0.3 is 14.6 Å². The second kappa shape index (κ2) is 6.59. The molecule has 2 aromatic heterocycles. The van der Waals surface area contributed by atoms with Crippen LogP contribution in [0.25, 0.3) is 21.9 Å². The minimum absolute atomic E-state index is 0.173. The van der Waals surface area contributed by atoms with Crippen molar-refractivity contribution in [2.75, 3.05) is 19.0 Å². The fraction of sp³-hybridized carbons (Fsp3) is 0.211. The number of aromatic nitrogens is 4. The molecule has 4 aromatic rings. The average molecular weight is 351 g/mol. The molecule has 0 bridgehead atoms. The van der Waals surface area contributed by atoms with E-state index in [0.29, 0.717) is 17.9 Å². The summed E-state index contributed by atoms with van der Waals surface area (Å²) in [6.45, 7) is 3.37. The van der Waals surface area contributed by atoms with E-state index in [2.05, 4.69) is 30.9 Å². The predicted molar refractivity (Wildman–Crippen MR) is 99.0 cm³/mol. The molecule has 0 aliphatic heterocycles. The molecule has 1 N–H and O–H groups in total. The van der Waals surface area contributed by atoms with Gasteiger partial charge in [-0.05, 0) is 25.1 Å². The van der Waals surface area contributed by atoms with Crippen LogP contribution in [0.5, 0.6) is 5.75 Å². The molecule has 0 saturated heterocycles.